The summed E-state index contributed by atoms with van der Waals surface area (Å²) in [5.41, 5.74) is 2.98. The number of aromatic nitrogens is 1. The number of carbonyl (C=O) groups excluding carboxylic acids is 1. The molecule has 4 nitrogen and oxygen atoms in total. The number of amides is 1. The Hall–Kier alpha value is -1.72. The van der Waals surface area contributed by atoms with Crippen molar-refractivity contribution in [1.82, 2.24) is 15.2 Å². The van der Waals surface area contributed by atoms with Crippen LogP contribution in [0.5, 0.6) is 0 Å². The highest BCUT2D eigenvalue weighted by Gasteiger charge is 2.21. The molecule has 5 heteroatoms. The molecule has 1 atom stereocenters. The summed E-state index contributed by atoms with van der Waals surface area (Å²) in [7, 11) is 0. The first-order valence-electron chi connectivity index (χ1n) is 7.63. The van der Waals surface area contributed by atoms with E-state index < -0.39 is 0 Å². The van der Waals surface area contributed by atoms with Crippen LogP contribution in [0, 0.1) is 6.92 Å². The summed E-state index contributed by atoms with van der Waals surface area (Å²) < 4.78 is 0. The maximum atomic E-state index is 12.1. The van der Waals surface area contributed by atoms with Crippen LogP contribution >= 0.6 is 11.3 Å². The Bertz CT molecular complexity index is 650. The Kier molecular flexibility index (Phi) is 4.55. The second-order valence-electron chi connectivity index (χ2n) is 5.84. The fourth-order valence-electron chi connectivity index (χ4n) is 2.72. The zero-order chi connectivity index (χ0) is 15.5. The Morgan fingerprint density at radius 2 is 2.32 bits per heavy atom. The molecular weight excluding hydrogens is 294 g/mol. The predicted molar refractivity (Wildman–Crippen MR) is 89.2 cm³/mol. The number of fused-ring (bicyclic) bond motifs is 1. The van der Waals surface area contributed by atoms with Crippen molar-refractivity contribution in [1.29, 1.82) is 0 Å². The molecule has 1 unspecified atom stereocenters. The van der Waals surface area contributed by atoms with Gasteiger partial charge in [0, 0.05) is 42.4 Å². The molecule has 22 heavy (non-hydrogen) atoms. The molecule has 1 amide bonds. The molecule has 1 N–H and O–H groups in total. The second-order valence-corrected chi connectivity index (χ2v) is 6.84. The third-order valence-electron chi connectivity index (χ3n) is 4.19. The van der Waals surface area contributed by atoms with Gasteiger partial charge in [0.15, 0.2) is 0 Å². The van der Waals surface area contributed by atoms with Crippen LogP contribution in [0.3, 0.4) is 0 Å². The molecule has 0 aliphatic carbocycles. The first kappa shape index (κ1) is 15.2. The molecule has 2 aromatic rings. The highest BCUT2D eigenvalue weighted by Crippen LogP contribution is 2.24. The van der Waals surface area contributed by atoms with Crippen LogP contribution in [0.2, 0.25) is 0 Å². The lowest BCUT2D eigenvalue weighted by Gasteiger charge is -2.32. The van der Waals surface area contributed by atoms with Gasteiger partial charge in [-0.05, 0) is 49.4 Å². The number of carbonyl (C=O) groups is 1. The van der Waals surface area contributed by atoms with Crippen molar-refractivity contribution < 1.29 is 4.79 Å². The molecule has 0 radical (unpaired) electrons. The van der Waals surface area contributed by atoms with E-state index in [-0.39, 0.29) is 5.91 Å². The number of hydrogen-bond acceptors (Lipinski definition) is 4. The van der Waals surface area contributed by atoms with E-state index in [9.17, 15) is 4.79 Å². The van der Waals surface area contributed by atoms with E-state index in [1.165, 1.54) is 10.4 Å². The molecule has 0 spiro atoms. The number of aryl methyl sites for hydroxylation is 1. The van der Waals surface area contributed by atoms with E-state index in [4.69, 9.17) is 0 Å². The first-order chi connectivity index (χ1) is 10.6. The predicted octanol–water partition coefficient (Wildman–Crippen LogP) is 2.63. The Balaban J connectivity index is 1.53. The van der Waals surface area contributed by atoms with Gasteiger partial charge in [-0.2, -0.15) is 0 Å². The number of rotatable bonds is 4. The third kappa shape index (κ3) is 3.36. The molecule has 0 saturated carbocycles. The monoisotopic (exact) mass is 315 g/mol. The lowest BCUT2D eigenvalue weighted by molar-refractivity contribution is 0.0932. The molecule has 0 fully saturated rings. The van der Waals surface area contributed by atoms with E-state index in [1.54, 1.807) is 6.20 Å². The summed E-state index contributed by atoms with van der Waals surface area (Å²) >= 11 is 1.85. The van der Waals surface area contributed by atoms with E-state index in [1.807, 2.05) is 30.4 Å². The molecule has 1 aliphatic heterocycles. The van der Waals surface area contributed by atoms with Gasteiger partial charge < -0.3 is 5.32 Å². The quantitative estimate of drug-likeness (QED) is 0.943. The summed E-state index contributed by atoms with van der Waals surface area (Å²) in [4.78, 5) is 20.2. The average Bonchev–Trinajstić information content (AvgIpc) is 3.00. The van der Waals surface area contributed by atoms with Crippen molar-refractivity contribution in [2.24, 2.45) is 0 Å². The maximum Gasteiger partial charge on any atom is 0.252 e. The summed E-state index contributed by atoms with van der Waals surface area (Å²) in [5.74, 6) is -0.0485. The number of thiophene rings is 1. The summed E-state index contributed by atoms with van der Waals surface area (Å²) in [6.45, 7) is 6.80. The molecule has 3 rings (SSSR count). The van der Waals surface area contributed by atoms with E-state index in [2.05, 4.69) is 33.6 Å². The lowest BCUT2D eigenvalue weighted by Crippen LogP contribution is -2.44. The second kappa shape index (κ2) is 6.58. The van der Waals surface area contributed by atoms with Crippen LogP contribution < -0.4 is 5.32 Å². The van der Waals surface area contributed by atoms with E-state index in [0.717, 1.165) is 25.2 Å². The molecule has 2 aromatic heterocycles. The number of nitrogens with one attached hydrogen (secondary N) is 1. The SMILES string of the molecule is Cc1ccc(C(=O)NCC(C)N2CCc3sccc3C2)cn1. The van der Waals surface area contributed by atoms with E-state index in [0.29, 0.717) is 18.2 Å². The smallest absolute Gasteiger partial charge is 0.252 e. The first-order valence-corrected chi connectivity index (χ1v) is 8.51. The maximum absolute atomic E-state index is 12.1. The number of pyridine rings is 1. The normalized spacial score (nSPS) is 16.1. The highest BCUT2D eigenvalue weighted by molar-refractivity contribution is 7.10. The number of hydrogen-bond donors (Lipinski definition) is 1. The van der Waals surface area contributed by atoms with Crippen molar-refractivity contribution >= 4 is 17.2 Å². The van der Waals surface area contributed by atoms with Crippen LogP contribution in [-0.2, 0) is 13.0 Å². The van der Waals surface area contributed by atoms with Crippen molar-refractivity contribution in [3.8, 4) is 0 Å². The zero-order valence-electron chi connectivity index (χ0n) is 13.0. The topological polar surface area (TPSA) is 45.2 Å². The van der Waals surface area contributed by atoms with Crippen molar-refractivity contribution in [3.05, 3.63) is 51.5 Å². The standard InChI is InChI=1S/C17H21N3OS/c1-12-3-4-14(10-18-12)17(21)19-9-13(2)20-7-5-16-15(11-20)6-8-22-16/h3-4,6,8,10,13H,5,7,9,11H2,1-2H3,(H,19,21). The van der Waals surface area contributed by atoms with Crippen LogP contribution in [0.1, 0.15) is 33.4 Å². The largest absolute Gasteiger partial charge is 0.350 e. The molecular formula is C17H21N3OS. The molecule has 116 valence electrons. The van der Waals surface area contributed by atoms with Crippen LogP contribution in [0.15, 0.2) is 29.8 Å². The van der Waals surface area contributed by atoms with Gasteiger partial charge in [0.05, 0.1) is 5.56 Å². The van der Waals surface area contributed by atoms with E-state index >= 15 is 0 Å². The van der Waals surface area contributed by atoms with Gasteiger partial charge in [0.25, 0.3) is 5.91 Å². The third-order valence-corrected chi connectivity index (χ3v) is 5.22. The highest BCUT2D eigenvalue weighted by atomic mass is 32.1. The summed E-state index contributed by atoms with van der Waals surface area (Å²) in [6.07, 6.45) is 2.75. The average molecular weight is 315 g/mol. The number of nitrogens with zero attached hydrogens (tertiary/aromatic N) is 2. The molecule has 1 aliphatic rings. The van der Waals surface area contributed by atoms with Gasteiger partial charge in [-0.3, -0.25) is 14.7 Å². The van der Waals surface area contributed by atoms with Gasteiger partial charge in [-0.15, -0.1) is 11.3 Å². The Morgan fingerprint density at radius 1 is 1.45 bits per heavy atom. The van der Waals surface area contributed by atoms with Crippen molar-refractivity contribution in [2.75, 3.05) is 13.1 Å². The van der Waals surface area contributed by atoms with Crippen LogP contribution in [0.25, 0.3) is 0 Å². The van der Waals surface area contributed by atoms with Crippen LogP contribution in [0.4, 0.5) is 0 Å². The minimum absolute atomic E-state index is 0.0485. The molecule has 0 aromatic carbocycles. The van der Waals surface area contributed by atoms with Gasteiger partial charge in [-0.1, -0.05) is 0 Å². The van der Waals surface area contributed by atoms with Gasteiger partial charge >= 0.3 is 0 Å². The van der Waals surface area contributed by atoms with Crippen molar-refractivity contribution in [2.45, 2.75) is 32.9 Å². The Morgan fingerprint density at radius 3 is 3.09 bits per heavy atom. The fraction of sp³-hybridized carbons (Fsp3) is 0.412. The lowest BCUT2D eigenvalue weighted by atomic mass is 10.1. The van der Waals surface area contributed by atoms with Gasteiger partial charge in [0.1, 0.15) is 0 Å². The van der Waals surface area contributed by atoms with Gasteiger partial charge in [-0.25, -0.2) is 0 Å². The Labute approximate surface area is 135 Å². The summed E-state index contributed by atoms with van der Waals surface area (Å²) in [6, 6.07) is 6.23. The minimum Gasteiger partial charge on any atom is -0.350 e. The molecule has 0 bridgehead atoms. The van der Waals surface area contributed by atoms with Crippen molar-refractivity contribution in [3.63, 3.8) is 0 Å². The molecule has 3 heterocycles. The fourth-order valence-corrected chi connectivity index (χ4v) is 3.61. The van der Waals surface area contributed by atoms with Gasteiger partial charge in [0.2, 0.25) is 0 Å². The molecule has 0 saturated heterocycles. The summed E-state index contributed by atoms with van der Waals surface area (Å²) in [5, 5.41) is 5.19. The minimum atomic E-state index is -0.0485. The van der Waals surface area contributed by atoms with Crippen LogP contribution in [-0.4, -0.2) is 34.9 Å². The zero-order valence-corrected chi connectivity index (χ0v) is 13.8.